The van der Waals surface area contributed by atoms with Crippen LogP contribution in [0.5, 0.6) is 5.75 Å². The molecule has 0 spiro atoms. The first-order chi connectivity index (χ1) is 9.95. The third kappa shape index (κ3) is 5.03. The Morgan fingerprint density at radius 2 is 2.14 bits per heavy atom. The first-order valence-electron chi connectivity index (χ1n) is 6.30. The number of para-hydroxylation sites is 2. The molecule has 1 aromatic carbocycles. The zero-order valence-corrected chi connectivity index (χ0v) is 11.9. The average Bonchev–Trinajstić information content (AvgIpc) is 2.45. The van der Waals surface area contributed by atoms with Crippen LogP contribution in [0.1, 0.15) is 13.3 Å². The lowest BCUT2D eigenvalue weighted by molar-refractivity contribution is -0.139. The van der Waals surface area contributed by atoms with E-state index in [0.29, 0.717) is 5.69 Å². The molecule has 1 unspecified atom stereocenters. The number of benzene rings is 1. The van der Waals surface area contributed by atoms with E-state index in [2.05, 4.69) is 5.32 Å². The fourth-order valence-electron chi connectivity index (χ4n) is 1.51. The molecule has 0 aliphatic rings. The predicted octanol–water partition coefficient (Wildman–Crippen LogP) is 1.92. The summed E-state index contributed by atoms with van der Waals surface area (Å²) >= 11 is 0. The molecule has 7 nitrogen and oxygen atoms in total. The average molecular weight is 291 g/mol. The fraction of sp³-hybridized carbons (Fsp3) is 0.357. The van der Waals surface area contributed by atoms with Crippen LogP contribution in [0, 0.1) is 11.3 Å². The normalized spacial score (nSPS) is 11.1. The van der Waals surface area contributed by atoms with Crippen molar-refractivity contribution in [3.05, 3.63) is 24.3 Å². The Balaban J connectivity index is 2.76. The number of carboxylic acids is 1. The summed E-state index contributed by atoms with van der Waals surface area (Å²) in [5.41, 5.74) is 0.375. The number of rotatable bonds is 6. The smallest absolute Gasteiger partial charge is 0.341 e. The van der Waals surface area contributed by atoms with Gasteiger partial charge in [0.1, 0.15) is 5.75 Å². The quantitative estimate of drug-likeness (QED) is 0.833. The largest absolute Gasteiger partial charge is 0.480 e. The SMILES string of the molecule is CC(CC#N)N(C)C(=O)Nc1ccccc1OCC(=O)O. The maximum absolute atomic E-state index is 12.1. The van der Waals surface area contributed by atoms with E-state index in [1.54, 1.807) is 38.2 Å². The van der Waals surface area contributed by atoms with Gasteiger partial charge in [0.25, 0.3) is 0 Å². The van der Waals surface area contributed by atoms with E-state index in [1.165, 1.54) is 4.90 Å². The summed E-state index contributed by atoms with van der Waals surface area (Å²) in [4.78, 5) is 24.0. The summed E-state index contributed by atoms with van der Waals surface area (Å²) in [6.07, 6.45) is 0.223. The topological polar surface area (TPSA) is 103 Å². The molecule has 1 aromatic rings. The summed E-state index contributed by atoms with van der Waals surface area (Å²) < 4.78 is 5.10. The summed E-state index contributed by atoms with van der Waals surface area (Å²) in [6, 6.07) is 7.91. The van der Waals surface area contributed by atoms with Crippen molar-refractivity contribution >= 4 is 17.7 Å². The molecule has 0 saturated carbocycles. The van der Waals surface area contributed by atoms with Gasteiger partial charge in [-0.1, -0.05) is 12.1 Å². The van der Waals surface area contributed by atoms with Crippen LogP contribution in [0.4, 0.5) is 10.5 Å². The molecule has 21 heavy (non-hydrogen) atoms. The Kier molecular flexibility index (Phi) is 6.01. The first-order valence-corrected chi connectivity index (χ1v) is 6.30. The number of nitriles is 1. The molecule has 7 heteroatoms. The van der Waals surface area contributed by atoms with Crippen LogP contribution in [0.2, 0.25) is 0 Å². The lowest BCUT2D eigenvalue weighted by Gasteiger charge is -2.23. The Bertz CT molecular complexity index is 553. The van der Waals surface area contributed by atoms with Gasteiger partial charge in [0.05, 0.1) is 18.2 Å². The summed E-state index contributed by atoms with van der Waals surface area (Å²) in [5, 5.41) is 19.9. The van der Waals surface area contributed by atoms with Crippen LogP contribution in [-0.4, -0.2) is 41.7 Å². The predicted molar refractivity (Wildman–Crippen MR) is 76.0 cm³/mol. The zero-order valence-electron chi connectivity index (χ0n) is 11.9. The number of nitrogens with one attached hydrogen (secondary N) is 1. The number of hydrogen-bond acceptors (Lipinski definition) is 4. The number of ether oxygens (including phenoxy) is 1. The van der Waals surface area contributed by atoms with E-state index in [-0.39, 0.29) is 18.2 Å². The molecule has 1 rings (SSSR count). The minimum absolute atomic E-state index is 0.223. The Labute approximate surface area is 122 Å². The van der Waals surface area contributed by atoms with Gasteiger partial charge in [-0.15, -0.1) is 0 Å². The van der Waals surface area contributed by atoms with Gasteiger partial charge in [0.2, 0.25) is 0 Å². The third-order valence-electron chi connectivity index (χ3n) is 2.85. The van der Waals surface area contributed by atoms with Crippen molar-refractivity contribution < 1.29 is 19.4 Å². The molecule has 112 valence electrons. The lowest BCUT2D eigenvalue weighted by atomic mass is 10.2. The van der Waals surface area contributed by atoms with Crippen LogP contribution < -0.4 is 10.1 Å². The van der Waals surface area contributed by atoms with Gasteiger partial charge in [-0.2, -0.15) is 5.26 Å². The monoisotopic (exact) mass is 291 g/mol. The van der Waals surface area contributed by atoms with E-state index < -0.39 is 18.6 Å². The van der Waals surface area contributed by atoms with Crippen molar-refractivity contribution in [3.63, 3.8) is 0 Å². The van der Waals surface area contributed by atoms with E-state index in [4.69, 9.17) is 15.1 Å². The van der Waals surface area contributed by atoms with Crippen molar-refractivity contribution in [2.75, 3.05) is 19.0 Å². The summed E-state index contributed by atoms with van der Waals surface area (Å²) in [6.45, 7) is 1.27. The minimum Gasteiger partial charge on any atom is -0.480 e. The fourth-order valence-corrected chi connectivity index (χ4v) is 1.51. The maximum atomic E-state index is 12.1. The highest BCUT2D eigenvalue weighted by Crippen LogP contribution is 2.24. The number of hydrogen-bond donors (Lipinski definition) is 2. The van der Waals surface area contributed by atoms with E-state index in [1.807, 2.05) is 6.07 Å². The number of urea groups is 1. The second-order valence-electron chi connectivity index (χ2n) is 4.43. The van der Waals surface area contributed by atoms with Crippen molar-refractivity contribution in [1.82, 2.24) is 4.90 Å². The highest BCUT2D eigenvalue weighted by Gasteiger charge is 2.17. The molecule has 0 aliphatic heterocycles. The summed E-state index contributed by atoms with van der Waals surface area (Å²) in [5.74, 6) is -0.828. The number of anilines is 1. The van der Waals surface area contributed by atoms with Gasteiger partial charge in [-0.25, -0.2) is 9.59 Å². The third-order valence-corrected chi connectivity index (χ3v) is 2.85. The number of amides is 2. The molecule has 0 fully saturated rings. The molecule has 0 saturated heterocycles. The maximum Gasteiger partial charge on any atom is 0.341 e. The molecule has 2 amide bonds. The highest BCUT2D eigenvalue weighted by atomic mass is 16.5. The second-order valence-corrected chi connectivity index (χ2v) is 4.43. The van der Waals surface area contributed by atoms with Crippen LogP contribution in [0.3, 0.4) is 0 Å². The first kappa shape index (κ1) is 16.3. The number of carbonyl (C=O) groups excluding carboxylic acids is 1. The lowest BCUT2D eigenvalue weighted by Crippen LogP contribution is -2.38. The van der Waals surface area contributed by atoms with Crippen molar-refractivity contribution in [2.24, 2.45) is 0 Å². The molecule has 0 aromatic heterocycles. The van der Waals surface area contributed by atoms with E-state index in [0.717, 1.165) is 0 Å². The Morgan fingerprint density at radius 3 is 2.76 bits per heavy atom. The minimum atomic E-state index is -1.10. The Hall–Kier alpha value is -2.75. The number of carboxylic acid groups (broad SMARTS) is 1. The highest BCUT2D eigenvalue weighted by molar-refractivity contribution is 5.91. The molecule has 2 N–H and O–H groups in total. The second kappa shape index (κ2) is 7.75. The summed E-state index contributed by atoms with van der Waals surface area (Å²) in [7, 11) is 1.58. The molecule has 0 heterocycles. The van der Waals surface area contributed by atoms with Gasteiger partial charge in [-0.05, 0) is 19.1 Å². The van der Waals surface area contributed by atoms with E-state index >= 15 is 0 Å². The van der Waals surface area contributed by atoms with Gasteiger partial charge in [-0.3, -0.25) is 0 Å². The Morgan fingerprint density at radius 1 is 1.48 bits per heavy atom. The molecule has 0 bridgehead atoms. The van der Waals surface area contributed by atoms with Crippen molar-refractivity contribution in [3.8, 4) is 11.8 Å². The number of carbonyl (C=O) groups is 2. The zero-order chi connectivity index (χ0) is 15.8. The van der Waals surface area contributed by atoms with E-state index in [9.17, 15) is 9.59 Å². The standard InChI is InChI=1S/C14H17N3O4/c1-10(7-8-15)17(2)14(20)16-11-5-3-4-6-12(11)21-9-13(18)19/h3-6,10H,7,9H2,1-2H3,(H,16,20)(H,18,19). The molecular formula is C14H17N3O4. The van der Waals surface area contributed by atoms with Crippen LogP contribution in [0.25, 0.3) is 0 Å². The van der Waals surface area contributed by atoms with Crippen molar-refractivity contribution in [2.45, 2.75) is 19.4 Å². The molecular weight excluding hydrogens is 274 g/mol. The van der Waals surface area contributed by atoms with Gasteiger partial charge >= 0.3 is 12.0 Å². The molecule has 0 radical (unpaired) electrons. The van der Waals surface area contributed by atoms with Gasteiger partial charge in [0.15, 0.2) is 6.61 Å². The number of nitrogens with zero attached hydrogens (tertiary/aromatic N) is 2. The van der Waals surface area contributed by atoms with Crippen LogP contribution >= 0.6 is 0 Å². The molecule has 0 aliphatic carbocycles. The molecule has 1 atom stereocenters. The van der Waals surface area contributed by atoms with Gasteiger partial charge in [0, 0.05) is 13.1 Å². The van der Waals surface area contributed by atoms with Crippen LogP contribution in [-0.2, 0) is 4.79 Å². The van der Waals surface area contributed by atoms with Crippen LogP contribution in [0.15, 0.2) is 24.3 Å². The van der Waals surface area contributed by atoms with Crippen molar-refractivity contribution in [1.29, 1.82) is 5.26 Å². The number of aliphatic carboxylic acids is 1. The van der Waals surface area contributed by atoms with Gasteiger partial charge < -0.3 is 20.1 Å².